The lowest BCUT2D eigenvalue weighted by Gasteiger charge is -2.32. The molecule has 1 aromatic heterocycles. The van der Waals surface area contributed by atoms with Gasteiger partial charge in [0.25, 0.3) is 0 Å². The number of hydrogen-bond donors (Lipinski definition) is 1. The number of aromatic nitrogens is 3. The van der Waals surface area contributed by atoms with Crippen LogP contribution in [0.2, 0.25) is 0 Å². The van der Waals surface area contributed by atoms with E-state index in [0.29, 0.717) is 0 Å². The highest BCUT2D eigenvalue weighted by molar-refractivity contribution is 14.1. The molecule has 1 aliphatic heterocycles. The molecule has 0 amide bonds. The lowest BCUT2D eigenvalue weighted by Crippen LogP contribution is -2.28. The minimum Gasteiger partial charge on any atom is -0.496 e. The van der Waals surface area contributed by atoms with Crippen LogP contribution in [-0.2, 0) is 0 Å². The van der Waals surface area contributed by atoms with Gasteiger partial charge in [0.05, 0.1) is 19.2 Å². The van der Waals surface area contributed by atoms with Gasteiger partial charge in [0.2, 0.25) is 5.95 Å². The molecule has 2 heterocycles. The molecule has 0 spiro atoms. The molecule has 4 rings (SSSR count). The van der Waals surface area contributed by atoms with Crippen molar-refractivity contribution in [2.45, 2.75) is 18.5 Å². The molecule has 0 unspecified atom stereocenters. The van der Waals surface area contributed by atoms with Crippen LogP contribution in [0.5, 0.6) is 5.75 Å². The summed E-state index contributed by atoms with van der Waals surface area (Å²) < 4.78 is 8.74. The molecule has 0 bridgehead atoms. The zero-order valence-corrected chi connectivity index (χ0v) is 15.3. The summed E-state index contributed by atoms with van der Waals surface area (Å²) in [5.41, 5.74) is 2.38. The first-order valence-electron chi connectivity index (χ1n) is 7.80. The normalized spacial score (nSPS) is 19.4. The largest absolute Gasteiger partial charge is 0.496 e. The monoisotopic (exact) mass is 432 g/mol. The van der Waals surface area contributed by atoms with Gasteiger partial charge in [-0.3, -0.25) is 0 Å². The van der Waals surface area contributed by atoms with Crippen molar-refractivity contribution in [3.8, 4) is 5.75 Å². The summed E-state index contributed by atoms with van der Waals surface area (Å²) in [5, 5.41) is 7.91. The first-order valence-corrected chi connectivity index (χ1v) is 8.88. The number of methoxy groups -OCH3 is 1. The van der Waals surface area contributed by atoms with E-state index in [-0.39, 0.29) is 12.1 Å². The van der Waals surface area contributed by atoms with E-state index in [2.05, 4.69) is 68.3 Å². The number of hydrogen-bond acceptors (Lipinski definition) is 4. The van der Waals surface area contributed by atoms with Gasteiger partial charge in [-0.1, -0.05) is 30.3 Å². The number of rotatable bonds is 3. The maximum Gasteiger partial charge on any atom is 0.222 e. The summed E-state index contributed by atoms with van der Waals surface area (Å²) in [7, 11) is 1.71. The van der Waals surface area contributed by atoms with Gasteiger partial charge in [-0.25, -0.2) is 4.68 Å². The zero-order chi connectivity index (χ0) is 16.5. The molecule has 1 aliphatic rings. The van der Waals surface area contributed by atoms with Crippen LogP contribution >= 0.6 is 22.6 Å². The van der Waals surface area contributed by atoms with Gasteiger partial charge in [0, 0.05) is 9.13 Å². The van der Waals surface area contributed by atoms with E-state index >= 15 is 0 Å². The van der Waals surface area contributed by atoms with Crippen LogP contribution < -0.4 is 10.1 Å². The van der Waals surface area contributed by atoms with Crippen molar-refractivity contribution in [2.24, 2.45) is 0 Å². The van der Waals surface area contributed by atoms with E-state index < -0.39 is 0 Å². The van der Waals surface area contributed by atoms with Crippen molar-refractivity contribution in [1.82, 2.24) is 14.8 Å². The summed E-state index contributed by atoms with van der Waals surface area (Å²) in [5.74, 6) is 1.67. The SMILES string of the molecule is COc1ccccc1[C@@H]1C[C@H](c2ccc(I)cc2)Nc2ncnn21. The summed E-state index contributed by atoms with van der Waals surface area (Å²) in [4.78, 5) is 4.38. The number of para-hydroxylation sites is 1. The molecule has 24 heavy (non-hydrogen) atoms. The summed E-state index contributed by atoms with van der Waals surface area (Å²) in [6.45, 7) is 0. The first kappa shape index (κ1) is 15.4. The third kappa shape index (κ3) is 2.75. The van der Waals surface area contributed by atoms with Crippen LogP contribution in [0.25, 0.3) is 0 Å². The van der Waals surface area contributed by atoms with Crippen molar-refractivity contribution in [1.29, 1.82) is 0 Å². The molecule has 1 N–H and O–H groups in total. The Morgan fingerprint density at radius 2 is 1.96 bits per heavy atom. The molecule has 0 fully saturated rings. The molecule has 3 aromatic rings. The summed E-state index contributed by atoms with van der Waals surface area (Å²) >= 11 is 2.33. The first-order chi connectivity index (χ1) is 11.8. The molecular weight excluding hydrogens is 415 g/mol. The number of benzene rings is 2. The molecule has 0 saturated carbocycles. The Kier molecular flexibility index (Phi) is 4.13. The highest BCUT2D eigenvalue weighted by Crippen LogP contribution is 2.40. The Morgan fingerprint density at radius 1 is 1.17 bits per heavy atom. The van der Waals surface area contributed by atoms with E-state index in [0.717, 1.165) is 23.7 Å². The van der Waals surface area contributed by atoms with E-state index in [9.17, 15) is 0 Å². The molecule has 6 heteroatoms. The van der Waals surface area contributed by atoms with Crippen molar-refractivity contribution < 1.29 is 4.74 Å². The quantitative estimate of drug-likeness (QED) is 0.635. The van der Waals surface area contributed by atoms with Crippen LogP contribution in [-0.4, -0.2) is 21.9 Å². The molecule has 2 aromatic carbocycles. The molecule has 0 radical (unpaired) electrons. The number of ether oxygens (including phenoxy) is 1. The van der Waals surface area contributed by atoms with Gasteiger partial charge in [-0.15, -0.1) is 0 Å². The second-order valence-corrected chi connectivity index (χ2v) is 7.02. The van der Waals surface area contributed by atoms with Gasteiger partial charge < -0.3 is 10.1 Å². The Hall–Kier alpha value is -2.09. The number of nitrogens with one attached hydrogen (secondary N) is 1. The number of anilines is 1. The highest BCUT2D eigenvalue weighted by atomic mass is 127. The summed E-state index contributed by atoms with van der Waals surface area (Å²) in [6.07, 6.45) is 2.48. The topological polar surface area (TPSA) is 52.0 Å². The van der Waals surface area contributed by atoms with Gasteiger partial charge in [-0.2, -0.15) is 10.1 Å². The van der Waals surface area contributed by atoms with Gasteiger partial charge >= 0.3 is 0 Å². The van der Waals surface area contributed by atoms with Gasteiger partial charge in [-0.05, 0) is 52.8 Å². The van der Waals surface area contributed by atoms with Crippen LogP contribution in [0, 0.1) is 3.57 Å². The lowest BCUT2D eigenvalue weighted by atomic mass is 9.93. The third-order valence-electron chi connectivity index (χ3n) is 4.40. The van der Waals surface area contributed by atoms with Gasteiger partial charge in [0.1, 0.15) is 12.1 Å². The fraction of sp³-hybridized carbons (Fsp3) is 0.222. The van der Waals surface area contributed by atoms with Crippen molar-refractivity contribution in [3.05, 3.63) is 69.6 Å². The average Bonchev–Trinajstić information content (AvgIpc) is 3.10. The van der Waals surface area contributed by atoms with Crippen molar-refractivity contribution in [2.75, 3.05) is 12.4 Å². The molecular formula is C18H17IN4O. The predicted molar refractivity (Wildman–Crippen MR) is 101 cm³/mol. The van der Waals surface area contributed by atoms with Crippen LogP contribution in [0.4, 0.5) is 5.95 Å². The molecule has 0 aliphatic carbocycles. The van der Waals surface area contributed by atoms with E-state index in [4.69, 9.17) is 4.74 Å². The Balaban J connectivity index is 1.75. The zero-order valence-electron chi connectivity index (χ0n) is 13.2. The number of nitrogens with zero attached hydrogens (tertiary/aromatic N) is 3. The fourth-order valence-corrected chi connectivity index (χ4v) is 3.59. The maximum atomic E-state index is 5.56. The second-order valence-electron chi connectivity index (χ2n) is 5.77. The van der Waals surface area contributed by atoms with Crippen molar-refractivity contribution >= 4 is 28.5 Å². The fourth-order valence-electron chi connectivity index (χ4n) is 3.23. The van der Waals surface area contributed by atoms with Gasteiger partial charge in [0.15, 0.2) is 0 Å². The lowest BCUT2D eigenvalue weighted by molar-refractivity contribution is 0.380. The van der Waals surface area contributed by atoms with E-state index in [1.807, 2.05) is 22.9 Å². The van der Waals surface area contributed by atoms with Crippen molar-refractivity contribution in [3.63, 3.8) is 0 Å². The molecule has 0 saturated heterocycles. The number of fused-ring (bicyclic) bond motifs is 1. The smallest absolute Gasteiger partial charge is 0.222 e. The van der Waals surface area contributed by atoms with Crippen LogP contribution in [0.15, 0.2) is 54.9 Å². The molecule has 2 atom stereocenters. The standard InChI is InChI=1S/C18H17IN4O/c1-24-17-5-3-2-4-14(17)16-10-15(12-6-8-13(19)9-7-12)22-18-20-11-21-23(16)18/h2-9,11,15-16H,10H2,1H3,(H,20,21,22)/t15-,16+/m1/s1. The predicted octanol–water partition coefficient (Wildman–Crippen LogP) is 4.04. The highest BCUT2D eigenvalue weighted by Gasteiger charge is 2.31. The average molecular weight is 432 g/mol. The van der Waals surface area contributed by atoms with E-state index in [1.54, 1.807) is 13.4 Å². The summed E-state index contributed by atoms with van der Waals surface area (Å²) in [6, 6.07) is 17.0. The van der Waals surface area contributed by atoms with Crippen LogP contribution in [0.3, 0.4) is 0 Å². The second kappa shape index (κ2) is 6.43. The third-order valence-corrected chi connectivity index (χ3v) is 5.12. The Labute approximate surface area is 154 Å². The Morgan fingerprint density at radius 3 is 2.75 bits per heavy atom. The number of halogens is 1. The van der Waals surface area contributed by atoms with E-state index in [1.165, 1.54) is 9.13 Å². The molecule has 122 valence electrons. The minimum absolute atomic E-state index is 0.0872. The maximum absolute atomic E-state index is 5.56. The minimum atomic E-state index is 0.0872. The Bertz CT molecular complexity index is 846. The van der Waals surface area contributed by atoms with Crippen LogP contribution in [0.1, 0.15) is 29.6 Å². The molecule has 5 nitrogen and oxygen atoms in total.